The molecule has 3 unspecified atom stereocenters. The van der Waals surface area contributed by atoms with E-state index in [1.165, 1.54) is 0 Å². The Kier molecular flexibility index (Phi) is 15.8. The summed E-state index contributed by atoms with van der Waals surface area (Å²) in [6.45, 7) is 0. The van der Waals surface area contributed by atoms with Crippen LogP contribution in [-0.2, 0) is 28.8 Å². The second kappa shape index (κ2) is 15.0. The Morgan fingerprint density at radius 3 is 0.926 bits per heavy atom. The molecule has 0 aliphatic heterocycles. The highest BCUT2D eigenvalue weighted by atomic mass is 16.4. The van der Waals surface area contributed by atoms with Crippen molar-refractivity contribution in [1.29, 1.82) is 0 Å². The highest BCUT2D eigenvalue weighted by Crippen LogP contribution is 1.92. The third-order valence-electron chi connectivity index (χ3n) is 2.01. The molecular formula is C12H18O15. The summed E-state index contributed by atoms with van der Waals surface area (Å²) in [5.74, 6) is -8.54. The minimum Gasteiger partial charge on any atom is -0.481 e. The van der Waals surface area contributed by atoms with Gasteiger partial charge in [-0.1, -0.05) is 0 Å². The molecule has 0 aromatic rings. The summed E-state index contributed by atoms with van der Waals surface area (Å²) in [7, 11) is 0. The normalized spacial score (nSPS) is 12.6. The van der Waals surface area contributed by atoms with Crippen molar-refractivity contribution in [2.75, 3.05) is 0 Å². The van der Waals surface area contributed by atoms with E-state index in [0.717, 1.165) is 0 Å². The van der Waals surface area contributed by atoms with Crippen LogP contribution in [0.3, 0.4) is 0 Å². The first kappa shape index (κ1) is 28.5. The standard InChI is InChI=1S/C4H6O6.C4H6O5.C4H6O4/c5-1(3(7)8)2(6)4(9)10;5-2(4(8)9)1-3(6)7;5-3(6)1-2-4(7)8/h1-2,5-6H,(H,7,8)(H,9,10);2,5H,1H2,(H,6,7)(H,8,9);1-2H2,(H,5,6)(H,7,8). The minimum absolute atomic E-state index is 0.296. The summed E-state index contributed by atoms with van der Waals surface area (Å²) >= 11 is 0. The first-order valence-electron chi connectivity index (χ1n) is 6.51. The molecule has 3 atom stereocenters. The van der Waals surface area contributed by atoms with Gasteiger partial charge in [0, 0.05) is 0 Å². The van der Waals surface area contributed by atoms with E-state index in [1.807, 2.05) is 0 Å². The Balaban J connectivity index is -0.000000322. The van der Waals surface area contributed by atoms with Gasteiger partial charge in [-0.3, -0.25) is 14.4 Å². The fourth-order valence-electron chi connectivity index (χ4n) is 0.737. The first-order valence-corrected chi connectivity index (χ1v) is 6.51. The smallest absolute Gasteiger partial charge is 0.335 e. The number of carboxylic acids is 6. The van der Waals surface area contributed by atoms with Crippen LogP contribution in [0, 0.1) is 0 Å². The lowest BCUT2D eigenvalue weighted by Crippen LogP contribution is -2.39. The maximum absolute atomic E-state index is 9.77. The topological polar surface area (TPSA) is 284 Å². The molecule has 0 spiro atoms. The first-order chi connectivity index (χ1) is 12.1. The van der Waals surface area contributed by atoms with Crippen LogP contribution in [-0.4, -0.2) is 100 Å². The number of carboxylic acid groups (broad SMARTS) is 6. The summed E-state index contributed by atoms with van der Waals surface area (Å²) in [5.41, 5.74) is 0. The molecule has 0 amide bonds. The molecule has 0 aliphatic carbocycles. The van der Waals surface area contributed by atoms with Gasteiger partial charge in [-0.2, -0.15) is 0 Å². The highest BCUT2D eigenvalue weighted by Gasteiger charge is 2.29. The number of aliphatic carboxylic acids is 6. The second-order valence-electron chi connectivity index (χ2n) is 4.31. The zero-order valence-corrected chi connectivity index (χ0v) is 13.3. The quantitative estimate of drug-likeness (QED) is 0.183. The third-order valence-corrected chi connectivity index (χ3v) is 2.01. The minimum atomic E-state index is -2.27. The molecule has 0 rings (SSSR count). The van der Waals surface area contributed by atoms with Crippen LogP contribution < -0.4 is 0 Å². The van der Waals surface area contributed by atoms with Gasteiger partial charge in [0.2, 0.25) is 0 Å². The molecule has 15 heteroatoms. The average molecular weight is 402 g/mol. The molecule has 0 radical (unpaired) electrons. The van der Waals surface area contributed by atoms with Crippen LogP contribution in [0.2, 0.25) is 0 Å². The molecule has 0 bridgehead atoms. The lowest BCUT2D eigenvalue weighted by Gasteiger charge is -2.07. The fraction of sp³-hybridized carbons (Fsp3) is 0.500. The van der Waals surface area contributed by atoms with E-state index < -0.39 is 60.5 Å². The molecule has 9 N–H and O–H groups in total. The van der Waals surface area contributed by atoms with Crippen molar-refractivity contribution in [2.45, 2.75) is 37.6 Å². The summed E-state index contributed by atoms with van der Waals surface area (Å²) in [6.07, 6.45) is -7.67. The summed E-state index contributed by atoms with van der Waals surface area (Å²) in [5, 5.41) is 72.5. The Bertz CT molecular complexity index is 507. The molecule has 27 heavy (non-hydrogen) atoms. The second-order valence-corrected chi connectivity index (χ2v) is 4.31. The van der Waals surface area contributed by atoms with Crippen molar-refractivity contribution in [1.82, 2.24) is 0 Å². The molecule has 0 saturated heterocycles. The Morgan fingerprint density at radius 2 is 0.815 bits per heavy atom. The van der Waals surface area contributed by atoms with Gasteiger partial charge in [0.15, 0.2) is 18.3 Å². The van der Waals surface area contributed by atoms with Crippen LogP contribution in [0.15, 0.2) is 0 Å². The Labute approximate surface area is 149 Å². The fourth-order valence-corrected chi connectivity index (χ4v) is 0.737. The average Bonchev–Trinajstić information content (AvgIpc) is 2.51. The number of hydrogen-bond acceptors (Lipinski definition) is 9. The lowest BCUT2D eigenvalue weighted by atomic mass is 10.2. The van der Waals surface area contributed by atoms with Crippen molar-refractivity contribution in [3.63, 3.8) is 0 Å². The van der Waals surface area contributed by atoms with E-state index in [9.17, 15) is 28.8 Å². The van der Waals surface area contributed by atoms with Crippen molar-refractivity contribution >= 4 is 35.8 Å². The van der Waals surface area contributed by atoms with Crippen LogP contribution in [0.5, 0.6) is 0 Å². The number of hydrogen-bond donors (Lipinski definition) is 9. The largest absolute Gasteiger partial charge is 0.481 e. The molecule has 0 saturated carbocycles. The molecule has 0 fully saturated rings. The van der Waals surface area contributed by atoms with Crippen molar-refractivity contribution in [3.05, 3.63) is 0 Å². The van der Waals surface area contributed by atoms with Crippen LogP contribution >= 0.6 is 0 Å². The SMILES string of the molecule is O=C(O)C(O)C(O)C(=O)O.O=C(O)CC(O)C(=O)O.O=C(O)CCC(=O)O. The van der Waals surface area contributed by atoms with Gasteiger partial charge in [0.05, 0.1) is 19.3 Å². The van der Waals surface area contributed by atoms with E-state index in [0.29, 0.717) is 0 Å². The molecule has 15 nitrogen and oxygen atoms in total. The highest BCUT2D eigenvalue weighted by molar-refractivity contribution is 5.83. The van der Waals surface area contributed by atoms with Gasteiger partial charge in [0.1, 0.15) is 0 Å². The summed E-state index contributed by atoms with van der Waals surface area (Å²) in [4.78, 5) is 58.2. The van der Waals surface area contributed by atoms with E-state index >= 15 is 0 Å². The molecule has 0 aromatic heterocycles. The molecule has 0 aliphatic rings. The van der Waals surface area contributed by atoms with Gasteiger partial charge in [-0.05, 0) is 0 Å². The van der Waals surface area contributed by atoms with Gasteiger partial charge >= 0.3 is 35.8 Å². The van der Waals surface area contributed by atoms with E-state index in [1.54, 1.807) is 0 Å². The predicted molar refractivity (Wildman–Crippen MR) is 77.7 cm³/mol. The summed E-state index contributed by atoms with van der Waals surface area (Å²) in [6, 6.07) is 0. The van der Waals surface area contributed by atoms with Crippen molar-refractivity contribution < 1.29 is 74.7 Å². The molecule has 0 heterocycles. The van der Waals surface area contributed by atoms with Gasteiger partial charge in [-0.25, -0.2) is 14.4 Å². The maximum atomic E-state index is 9.77. The van der Waals surface area contributed by atoms with Gasteiger partial charge in [0.25, 0.3) is 0 Å². The maximum Gasteiger partial charge on any atom is 0.335 e. The Hall–Kier alpha value is -3.30. The Morgan fingerprint density at radius 1 is 0.519 bits per heavy atom. The lowest BCUT2D eigenvalue weighted by molar-refractivity contribution is -0.165. The number of aliphatic hydroxyl groups excluding tert-OH is 3. The van der Waals surface area contributed by atoms with Crippen molar-refractivity contribution in [2.24, 2.45) is 0 Å². The zero-order valence-electron chi connectivity index (χ0n) is 13.3. The monoisotopic (exact) mass is 402 g/mol. The third kappa shape index (κ3) is 20.7. The van der Waals surface area contributed by atoms with Crippen LogP contribution in [0.1, 0.15) is 19.3 Å². The zero-order chi connectivity index (χ0) is 22.3. The number of rotatable bonds is 9. The van der Waals surface area contributed by atoms with E-state index in [2.05, 4.69) is 0 Å². The van der Waals surface area contributed by atoms with E-state index in [-0.39, 0.29) is 12.8 Å². The molecule has 0 aromatic carbocycles. The van der Waals surface area contributed by atoms with Crippen molar-refractivity contribution in [3.8, 4) is 0 Å². The summed E-state index contributed by atoms with van der Waals surface area (Å²) < 4.78 is 0. The van der Waals surface area contributed by atoms with Crippen LogP contribution in [0.4, 0.5) is 0 Å². The van der Waals surface area contributed by atoms with Crippen LogP contribution in [0.25, 0.3) is 0 Å². The van der Waals surface area contributed by atoms with Gasteiger partial charge in [-0.15, -0.1) is 0 Å². The predicted octanol–water partition coefficient (Wildman–Crippen LogP) is -3.28. The number of carbonyl (C=O) groups is 6. The molecule has 156 valence electrons. The molecular weight excluding hydrogens is 384 g/mol. The van der Waals surface area contributed by atoms with Gasteiger partial charge < -0.3 is 46.0 Å². The van der Waals surface area contributed by atoms with E-state index in [4.69, 9.17) is 46.0 Å². The number of aliphatic hydroxyl groups is 3.